The van der Waals surface area contributed by atoms with Crippen molar-refractivity contribution >= 4 is 16.8 Å². The Morgan fingerprint density at radius 2 is 2.12 bits per heavy atom. The van der Waals surface area contributed by atoms with Crippen molar-refractivity contribution in [3.63, 3.8) is 0 Å². The molecule has 0 radical (unpaired) electrons. The van der Waals surface area contributed by atoms with Gasteiger partial charge in [0.05, 0.1) is 6.61 Å². The monoisotopic (exact) mass is 238 g/mol. The van der Waals surface area contributed by atoms with Gasteiger partial charge in [0.25, 0.3) is 0 Å². The predicted molar refractivity (Wildman–Crippen MR) is 64.1 cm³/mol. The fourth-order valence-corrected chi connectivity index (χ4v) is 2.17. The van der Waals surface area contributed by atoms with E-state index in [1.165, 1.54) is 24.0 Å². The van der Waals surface area contributed by atoms with Crippen LogP contribution in [0.5, 0.6) is 5.75 Å². The van der Waals surface area contributed by atoms with Gasteiger partial charge in [0.15, 0.2) is 0 Å². The lowest BCUT2D eigenvalue weighted by atomic mass is 10.1. The fourth-order valence-electron chi connectivity index (χ4n) is 2.04. The molecular formula is C13H15ClO2. The molecule has 0 unspecified atom stereocenters. The lowest BCUT2D eigenvalue weighted by Crippen LogP contribution is -2.00. The second kappa shape index (κ2) is 5.35. The number of carbonyl (C=O) groups is 1. The zero-order valence-corrected chi connectivity index (χ0v) is 9.93. The number of fused-ring (bicyclic) bond motifs is 1. The number of halogens is 1. The van der Waals surface area contributed by atoms with Crippen molar-refractivity contribution in [2.45, 2.75) is 32.1 Å². The average Bonchev–Trinajstić information content (AvgIpc) is 2.71. The zero-order chi connectivity index (χ0) is 11.4. The van der Waals surface area contributed by atoms with E-state index in [0.29, 0.717) is 19.4 Å². The minimum Gasteiger partial charge on any atom is -0.494 e. The number of benzene rings is 1. The largest absolute Gasteiger partial charge is 0.494 e. The molecule has 0 saturated heterocycles. The van der Waals surface area contributed by atoms with Crippen LogP contribution in [0.1, 0.15) is 30.4 Å². The summed E-state index contributed by atoms with van der Waals surface area (Å²) in [6.45, 7) is 0.553. The van der Waals surface area contributed by atoms with Gasteiger partial charge >= 0.3 is 0 Å². The predicted octanol–water partition coefficient (Wildman–Crippen LogP) is 3.10. The third kappa shape index (κ3) is 2.99. The second-order valence-corrected chi connectivity index (χ2v) is 4.51. The average molecular weight is 239 g/mol. The molecule has 0 heterocycles. The lowest BCUT2D eigenvalue weighted by Gasteiger charge is -2.07. The number of rotatable bonds is 5. The third-order valence-electron chi connectivity index (χ3n) is 2.86. The Morgan fingerprint density at radius 3 is 2.94 bits per heavy atom. The molecule has 0 fully saturated rings. The highest BCUT2D eigenvalue weighted by atomic mass is 35.5. The quantitative estimate of drug-likeness (QED) is 0.582. The number of hydrogen-bond acceptors (Lipinski definition) is 2. The van der Waals surface area contributed by atoms with Gasteiger partial charge in [-0.05, 0) is 60.5 Å². The minimum absolute atomic E-state index is 0.294. The summed E-state index contributed by atoms with van der Waals surface area (Å²) in [5.74, 6) is 0.905. The summed E-state index contributed by atoms with van der Waals surface area (Å²) in [6.07, 6.45) is 4.66. The highest BCUT2D eigenvalue weighted by molar-refractivity contribution is 6.63. The molecule has 0 spiro atoms. The van der Waals surface area contributed by atoms with Crippen LogP contribution in [0.3, 0.4) is 0 Å². The Balaban J connectivity index is 1.83. The van der Waals surface area contributed by atoms with Crippen molar-refractivity contribution in [2.24, 2.45) is 0 Å². The maximum atomic E-state index is 10.5. The first kappa shape index (κ1) is 11.5. The molecule has 1 aromatic rings. The summed E-state index contributed by atoms with van der Waals surface area (Å²) in [4.78, 5) is 10.5. The first-order valence-electron chi connectivity index (χ1n) is 5.68. The van der Waals surface area contributed by atoms with Gasteiger partial charge in [0, 0.05) is 6.42 Å². The Labute approximate surface area is 101 Å². The summed E-state index contributed by atoms with van der Waals surface area (Å²) >= 11 is 5.24. The molecule has 0 N–H and O–H groups in total. The van der Waals surface area contributed by atoms with Gasteiger partial charge in [-0.25, -0.2) is 0 Å². The second-order valence-electron chi connectivity index (χ2n) is 4.09. The molecular weight excluding hydrogens is 224 g/mol. The fraction of sp³-hybridized carbons (Fsp3) is 0.462. The Kier molecular flexibility index (Phi) is 3.83. The SMILES string of the molecule is O=C(Cl)CCCOc1ccc2c(c1)CCC2. The van der Waals surface area contributed by atoms with E-state index < -0.39 is 0 Å². The molecule has 3 heteroatoms. The highest BCUT2D eigenvalue weighted by Crippen LogP contribution is 2.26. The van der Waals surface area contributed by atoms with Gasteiger partial charge in [0.1, 0.15) is 5.75 Å². The van der Waals surface area contributed by atoms with Crippen LogP contribution < -0.4 is 4.74 Å². The smallest absolute Gasteiger partial charge is 0.221 e. The van der Waals surface area contributed by atoms with E-state index in [9.17, 15) is 4.79 Å². The van der Waals surface area contributed by atoms with Crippen LogP contribution in [-0.4, -0.2) is 11.8 Å². The van der Waals surface area contributed by atoms with Crippen LogP contribution in [-0.2, 0) is 17.6 Å². The van der Waals surface area contributed by atoms with E-state index in [2.05, 4.69) is 12.1 Å². The van der Waals surface area contributed by atoms with E-state index in [4.69, 9.17) is 16.3 Å². The first-order valence-corrected chi connectivity index (χ1v) is 6.06. The van der Waals surface area contributed by atoms with Crippen LogP contribution in [0, 0.1) is 0 Å². The summed E-state index contributed by atoms with van der Waals surface area (Å²) in [5.41, 5.74) is 2.86. The maximum absolute atomic E-state index is 10.5. The molecule has 1 aliphatic rings. The maximum Gasteiger partial charge on any atom is 0.221 e. The van der Waals surface area contributed by atoms with E-state index in [0.717, 1.165) is 12.2 Å². The van der Waals surface area contributed by atoms with E-state index >= 15 is 0 Å². The molecule has 0 amide bonds. The summed E-state index contributed by atoms with van der Waals surface area (Å²) in [6, 6.07) is 6.27. The van der Waals surface area contributed by atoms with Crippen LogP contribution in [0.2, 0.25) is 0 Å². The molecule has 0 aliphatic heterocycles. The zero-order valence-electron chi connectivity index (χ0n) is 9.17. The van der Waals surface area contributed by atoms with Crippen molar-refractivity contribution in [1.29, 1.82) is 0 Å². The molecule has 1 aliphatic carbocycles. The number of hydrogen-bond donors (Lipinski definition) is 0. The molecule has 86 valence electrons. The molecule has 16 heavy (non-hydrogen) atoms. The topological polar surface area (TPSA) is 26.3 Å². The standard InChI is InChI=1S/C13H15ClO2/c14-13(15)5-2-8-16-12-7-6-10-3-1-4-11(10)9-12/h6-7,9H,1-5,8H2. The molecule has 1 aromatic carbocycles. The van der Waals surface area contributed by atoms with Crippen LogP contribution in [0.25, 0.3) is 0 Å². The normalized spacial score (nSPS) is 13.6. The van der Waals surface area contributed by atoms with Gasteiger partial charge in [-0.1, -0.05) is 6.07 Å². The van der Waals surface area contributed by atoms with Crippen LogP contribution in [0.4, 0.5) is 0 Å². The van der Waals surface area contributed by atoms with Crippen LogP contribution >= 0.6 is 11.6 Å². The Hall–Kier alpha value is -1.02. The molecule has 0 aromatic heterocycles. The number of carbonyl (C=O) groups excluding carboxylic acids is 1. The van der Waals surface area contributed by atoms with Gasteiger partial charge in [-0.2, -0.15) is 0 Å². The Bertz CT molecular complexity index is 388. The van der Waals surface area contributed by atoms with Crippen LogP contribution in [0.15, 0.2) is 18.2 Å². The minimum atomic E-state index is -0.294. The van der Waals surface area contributed by atoms with E-state index in [1.54, 1.807) is 0 Å². The summed E-state index contributed by atoms with van der Waals surface area (Å²) in [7, 11) is 0. The summed E-state index contributed by atoms with van der Waals surface area (Å²) < 4.78 is 5.57. The molecule has 0 atom stereocenters. The van der Waals surface area contributed by atoms with Crippen molar-refractivity contribution in [3.05, 3.63) is 29.3 Å². The van der Waals surface area contributed by atoms with Crippen molar-refractivity contribution in [3.8, 4) is 5.75 Å². The van der Waals surface area contributed by atoms with Gasteiger partial charge < -0.3 is 4.74 Å². The number of aryl methyl sites for hydroxylation is 2. The third-order valence-corrected chi connectivity index (χ3v) is 3.05. The van der Waals surface area contributed by atoms with Crippen molar-refractivity contribution < 1.29 is 9.53 Å². The van der Waals surface area contributed by atoms with Crippen molar-refractivity contribution in [2.75, 3.05) is 6.61 Å². The van der Waals surface area contributed by atoms with E-state index in [-0.39, 0.29) is 5.24 Å². The van der Waals surface area contributed by atoms with E-state index in [1.807, 2.05) is 6.07 Å². The van der Waals surface area contributed by atoms with Gasteiger partial charge in [-0.15, -0.1) is 0 Å². The molecule has 0 saturated carbocycles. The molecule has 0 bridgehead atoms. The molecule has 2 rings (SSSR count). The first-order chi connectivity index (χ1) is 7.75. The van der Waals surface area contributed by atoms with Gasteiger partial charge in [0.2, 0.25) is 5.24 Å². The highest BCUT2D eigenvalue weighted by Gasteiger charge is 2.10. The Morgan fingerprint density at radius 1 is 1.31 bits per heavy atom. The molecule has 2 nitrogen and oxygen atoms in total. The number of ether oxygens (including phenoxy) is 1. The lowest BCUT2D eigenvalue weighted by molar-refractivity contribution is -0.111. The van der Waals surface area contributed by atoms with Gasteiger partial charge in [-0.3, -0.25) is 4.79 Å². The van der Waals surface area contributed by atoms with Crippen molar-refractivity contribution in [1.82, 2.24) is 0 Å². The summed E-state index contributed by atoms with van der Waals surface area (Å²) in [5, 5.41) is -0.294.